The summed E-state index contributed by atoms with van der Waals surface area (Å²) in [5.74, 6) is -0.250. The van der Waals surface area contributed by atoms with E-state index in [9.17, 15) is 19.2 Å². The number of para-hydroxylation sites is 1. The zero-order valence-electron chi connectivity index (χ0n) is 32.3. The molecule has 0 atom stereocenters. The maximum Gasteiger partial charge on any atom is 0.312 e. The van der Waals surface area contributed by atoms with Crippen LogP contribution in [0.4, 0.5) is 11.4 Å². The van der Waals surface area contributed by atoms with Crippen molar-refractivity contribution in [3.8, 4) is 5.75 Å². The van der Waals surface area contributed by atoms with Crippen LogP contribution in [0.5, 0.6) is 5.75 Å². The van der Waals surface area contributed by atoms with Gasteiger partial charge in [-0.3, -0.25) is 19.2 Å². The molecule has 54 heavy (non-hydrogen) atoms. The fraction of sp³-hybridized carbons (Fsp3) is 0.429. The maximum absolute atomic E-state index is 13.7. The number of amides is 3. The molecular weight excluding hydrogens is 686 g/mol. The van der Waals surface area contributed by atoms with E-state index in [2.05, 4.69) is 22.6 Å². The van der Waals surface area contributed by atoms with Crippen molar-refractivity contribution < 1.29 is 33.4 Å². The van der Waals surface area contributed by atoms with Crippen molar-refractivity contribution in [1.82, 2.24) is 14.4 Å². The Hall–Kier alpha value is -5.20. The summed E-state index contributed by atoms with van der Waals surface area (Å²) in [5, 5.41) is 6.80. The Labute approximate surface area is 317 Å². The number of nitrogens with one attached hydrogen (secondary N) is 2. The Morgan fingerprint density at radius 1 is 0.833 bits per heavy atom. The third kappa shape index (κ3) is 10.5. The van der Waals surface area contributed by atoms with E-state index >= 15 is 0 Å². The highest BCUT2D eigenvalue weighted by Gasteiger charge is 2.24. The molecule has 12 nitrogen and oxygen atoms in total. The molecule has 1 aliphatic rings. The van der Waals surface area contributed by atoms with Crippen LogP contribution in [0, 0.1) is 12.3 Å². The van der Waals surface area contributed by atoms with E-state index in [4.69, 9.17) is 14.2 Å². The van der Waals surface area contributed by atoms with Gasteiger partial charge in [0.05, 0.1) is 35.4 Å². The van der Waals surface area contributed by atoms with E-state index in [1.165, 1.54) is 0 Å². The number of carbonyl (C=O) groups excluding carboxylic acids is 4. The number of ether oxygens (including phenoxy) is 3. The first-order valence-corrected chi connectivity index (χ1v) is 18.5. The highest BCUT2D eigenvalue weighted by Crippen LogP contribution is 2.29. The number of rotatable bonds is 15. The Balaban J connectivity index is 1.20. The largest absolute Gasteiger partial charge is 0.491 e. The summed E-state index contributed by atoms with van der Waals surface area (Å²) in [4.78, 5) is 56.4. The average Bonchev–Trinajstić information content (AvgIpc) is 3.56. The summed E-state index contributed by atoms with van der Waals surface area (Å²) in [6.45, 7) is 11.3. The smallest absolute Gasteiger partial charge is 0.312 e. The molecule has 12 heteroatoms. The molecule has 0 saturated carbocycles. The van der Waals surface area contributed by atoms with Gasteiger partial charge in [0.2, 0.25) is 5.91 Å². The van der Waals surface area contributed by atoms with Gasteiger partial charge in [0.15, 0.2) is 6.73 Å². The van der Waals surface area contributed by atoms with Gasteiger partial charge in [0.1, 0.15) is 5.75 Å². The minimum atomic E-state index is -0.658. The SMILES string of the molecule is COCc1cc(C(=O)Nc2ccc(C)cc2OCCCCCC(=O)N2CCN(C)CC2)ccc1NC(=O)c1cccc2ccn(COC(=O)C(C)(C)C)c12. The summed E-state index contributed by atoms with van der Waals surface area (Å²) in [6, 6.07) is 17.9. The number of benzene rings is 3. The van der Waals surface area contributed by atoms with Crippen molar-refractivity contribution in [2.24, 2.45) is 5.41 Å². The molecule has 2 N–H and O–H groups in total. The van der Waals surface area contributed by atoms with E-state index < -0.39 is 5.41 Å². The number of unbranched alkanes of at least 4 members (excludes halogenated alkanes) is 2. The van der Waals surface area contributed by atoms with Gasteiger partial charge < -0.3 is 39.2 Å². The van der Waals surface area contributed by atoms with Crippen molar-refractivity contribution in [2.75, 3.05) is 57.6 Å². The van der Waals surface area contributed by atoms with Gasteiger partial charge in [0.25, 0.3) is 11.8 Å². The molecular formula is C42H53N5O7. The number of anilines is 2. The van der Waals surface area contributed by atoms with Crippen LogP contribution < -0.4 is 15.4 Å². The lowest BCUT2D eigenvalue weighted by Gasteiger charge is -2.32. The van der Waals surface area contributed by atoms with Gasteiger partial charge >= 0.3 is 5.97 Å². The second-order valence-electron chi connectivity index (χ2n) is 14.9. The molecule has 0 unspecified atom stereocenters. The number of nitrogens with zero attached hydrogens (tertiary/aromatic N) is 3. The molecule has 4 aromatic rings. The summed E-state index contributed by atoms with van der Waals surface area (Å²) >= 11 is 0. The predicted molar refractivity (Wildman–Crippen MR) is 210 cm³/mol. The molecule has 5 rings (SSSR count). The van der Waals surface area contributed by atoms with Gasteiger partial charge in [-0.1, -0.05) is 18.2 Å². The van der Waals surface area contributed by atoms with Crippen LogP contribution in [0.15, 0.2) is 66.9 Å². The van der Waals surface area contributed by atoms with E-state index in [0.29, 0.717) is 52.4 Å². The topological polar surface area (TPSA) is 131 Å². The first-order valence-electron chi connectivity index (χ1n) is 18.5. The number of likely N-dealkylation sites (N-methyl/N-ethyl adjacent to an activating group) is 1. The van der Waals surface area contributed by atoms with Crippen molar-refractivity contribution in [1.29, 1.82) is 0 Å². The van der Waals surface area contributed by atoms with Crippen molar-refractivity contribution >= 4 is 46.0 Å². The lowest BCUT2D eigenvalue weighted by Crippen LogP contribution is -2.47. The van der Waals surface area contributed by atoms with Crippen LogP contribution in [-0.4, -0.2) is 85.0 Å². The molecule has 0 radical (unpaired) electrons. The number of esters is 1. The molecule has 1 aromatic heterocycles. The Kier molecular flexibility index (Phi) is 13.5. The molecule has 0 spiro atoms. The van der Waals surface area contributed by atoms with Gasteiger partial charge in [-0.05, 0) is 102 Å². The molecule has 0 aliphatic carbocycles. The summed E-state index contributed by atoms with van der Waals surface area (Å²) in [7, 11) is 3.63. The Morgan fingerprint density at radius 3 is 2.31 bits per heavy atom. The van der Waals surface area contributed by atoms with Gasteiger partial charge in [-0.25, -0.2) is 0 Å². The van der Waals surface area contributed by atoms with E-state index in [-0.39, 0.29) is 37.0 Å². The fourth-order valence-corrected chi connectivity index (χ4v) is 6.22. The first kappa shape index (κ1) is 40.0. The minimum absolute atomic E-state index is 0.0318. The normalized spacial score (nSPS) is 13.5. The molecule has 3 amide bonds. The summed E-state index contributed by atoms with van der Waals surface area (Å²) < 4.78 is 18.8. The van der Waals surface area contributed by atoms with Crippen molar-refractivity contribution in [2.45, 2.75) is 66.7 Å². The monoisotopic (exact) mass is 739 g/mol. The summed E-state index contributed by atoms with van der Waals surface area (Å²) in [6.07, 6.45) is 4.79. The first-order chi connectivity index (χ1) is 25.8. The van der Waals surface area contributed by atoms with E-state index in [1.54, 1.807) is 69.0 Å². The zero-order chi connectivity index (χ0) is 38.8. The molecule has 2 heterocycles. The van der Waals surface area contributed by atoms with Crippen molar-refractivity contribution in [3.63, 3.8) is 0 Å². The molecule has 1 aliphatic heterocycles. The van der Waals surface area contributed by atoms with Crippen molar-refractivity contribution in [3.05, 3.63) is 89.1 Å². The number of methoxy groups -OCH3 is 1. The van der Waals surface area contributed by atoms with Crippen LogP contribution in [0.25, 0.3) is 10.9 Å². The van der Waals surface area contributed by atoms with Crippen LogP contribution in [0.2, 0.25) is 0 Å². The lowest BCUT2D eigenvalue weighted by atomic mass is 9.98. The molecule has 0 bridgehead atoms. The number of aromatic nitrogens is 1. The Bertz CT molecular complexity index is 1960. The second kappa shape index (κ2) is 18.2. The Morgan fingerprint density at radius 2 is 1.57 bits per heavy atom. The quantitative estimate of drug-likeness (QED) is 0.0999. The number of carbonyl (C=O) groups is 4. The average molecular weight is 740 g/mol. The van der Waals surface area contributed by atoms with Gasteiger partial charge in [-0.15, -0.1) is 0 Å². The third-order valence-corrected chi connectivity index (χ3v) is 9.43. The van der Waals surface area contributed by atoms with E-state index in [1.807, 2.05) is 42.2 Å². The highest BCUT2D eigenvalue weighted by molar-refractivity contribution is 6.13. The minimum Gasteiger partial charge on any atom is -0.491 e. The molecule has 3 aromatic carbocycles. The second-order valence-corrected chi connectivity index (χ2v) is 14.9. The standard InChI is InChI=1S/C42H53N5O7/c1-29-14-16-35(36(25-29)53-24-9-7-8-13-37(48)46-22-20-45(5)21-23-46)44-39(49)31-15-17-34(32(26-31)27-52-6)43-40(50)33-12-10-11-30-18-19-47(38(30)33)28-54-41(51)42(2,3)4/h10-12,14-19,25-26H,7-9,13,20-24,27-28H2,1-6H3,(H,43,50)(H,44,49). The maximum atomic E-state index is 13.7. The zero-order valence-corrected chi connectivity index (χ0v) is 32.3. The number of hydrogen-bond donors (Lipinski definition) is 2. The summed E-state index contributed by atoms with van der Waals surface area (Å²) in [5.41, 5.74) is 3.42. The number of fused-ring (bicyclic) bond motifs is 1. The van der Waals surface area contributed by atoms with Gasteiger partial charge in [0, 0.05) is 68.1 Å². The van der Waals surface area contributed by atoms with Crippen LogP contribution in [0.3, 0.4) is 0 Å². The van der Waals surface area contributed by atoms with E-state index in [0.717, 1.165) is 56.4 Å². The molecule has 288 valence electrons. The number of hydrogen-bond acceptors (Lipinski definition) is 8. The molecule has 1 fully saturated rings. The lowest BCUT2D eigenvalue weighted by molar-refractivity contribution is -0.156. The highest BCUT2D eigenvalue weighted by atomic mass is 16.5. The number of aryl methyl sites for hydroxylation is 1. The van der Waals surface area contributed by atoms with Crippen LogP contribution >= 0.6 is 0 Å². The third-order valence-electron chi connectivity index (χ3n) is 9.43. The van der Waals surface area contributed by atoms with Crippen LogP contribution in [-0.2, 0) is 32.4 Å². The molecule has 1 saturated heterocycles. The number of piperazine rings is 1. The van der Waals surface area contributed by atoms with Crippen LogP contribution in [0.1, 0.15) is 78.3 Å². The predicted octanol–water partition coefficient (Wildman–Crippen LogP) is 6.86. The van der Waals surface area contributed by atoms with Gasteiger partial charge in [-0.2, -0.15) is 0 Å². The fourth-order valence-electron chi connectivity index (χ4n) is 6.22.